The van der Waals surface area contributed by atoms with Crippen molar-refractivity contribution in [3.05, 3.63) is 50.9 Å². The quantitative estimate of drug-likeness (QED) is 0.375. The van der Waals surface area contributed by atoms with Crippen molar-refractivity contribution < 1.29 is 13.2 Å². The number of aromatic nitrogens is 1. The summed E-state index contributed by atoms with van der Waals surface area (Å²) >= 11 is 7.09. The van der Waals surface area contributed by atoms with E-state index in [9.17, 15) is 13.2 Å². The highest BCUT2D eigenvalue weighted by Gasteiger charge is 2.33. The number of guanidine groups is 1. The number of halogens is 5. The molecule has 0 bridgehead atoms. The highest BCUT2D eigenvalue weighted by molar-refractivity contribution is 14.0. The summed E-state index contributed by atoms with van der Waals surface area (Å²) in [6.07, 6.45) is -4.42. The van der Waals surface area contributed by atoms with Gasteiger partial charge in [0.2, 0.25) is 0 Å². The molecule has 10 heteroatoms. The van der Waals surface area contributed by atoms with Crippen LogP contribution in [0.5, 0.6) is 0 Å². The van der Waals surface area contributed by atoms with Gasteiger partial charge in [0.25, 0.3) is 0 Å². The van der Waals surface area contributed by atoms with Crippen LogP contribution in [0.25, 0.3) is 0 Å². The summed E-state index contributed by atoms with van der Waals surface area (Å²) < 4.78 is 37.7. The van der Waals surface area contributed by atoms with E-state index < -0.39 is 11.9 Å². The number of benzene rings is 1. The third-order valence-corrected chi connectivity index (χ3v) is 4.40. The van der Waals surface area contributed by atoms with Crippen molar-refractivity contribution in [2.75, 3.05) is 14.1 Å². The first-order valence-corrected chi connectivity index (χ1v) is 8.24. The highest BCUT2D eigenvalue weighted by atomic mass is 127. The van der Waals surface area contributed by atoms with E-state index in [1.54, 1.807) is 13.1 Å². The number of aliphatic imine (C=N–C) groups is 1. The van der Waals surface area contributed by atoms with E-state index in [-0.39, 0.29) is 30.5 Å². The second kappa shape index (κ2) is 9.58. The molecule has 1 aromatic carbocycles. The van der Waals surface area contributed by atoms with Crippen LogP contribution in [0.15, 0.2) is 34.6 Å². The first-order valence-electron chi connectivity index (χ1n) is 6.98. The monoisotopic (exact) mass is 504 g/mol. The van der Waals surface area contributed by atoms with Crippen molar-refractivity contribution in [2.24, 2.45) is 4.99 Å². The Morgan fingerprint density at radius 3 is 2.60 bits per heavy atom. The zero-order valence-corrected chi connectivity index (χ0v) is 17.4. The SMILES string of the molecule is CN=C(NCc1nc(C(F)(F)F)cs1)N(C)Cc1ccccc1Cl.I. The molecule has 0 amide bonds. The predicted molar refractivity (Wildman–Crippen MR) is 106 cm³/mol. The minimum Gasteiger partial charge on any atom is -0.350 e. The average molecular weight is 505 g/mol. The molecule has 0 aliphatic carbocycles. The average Bonchev–Trinajstić information content (AvgIpc) is 2.99. The normalized spacial score (nSPS) is 11.8. The lowest BCUT2D eigenvalue weighted by molar-refractivity contribution is -0.140. The summed E-state index contributed by atoms with van der Waals surface area (Å²) in [5.41, 5.74) is 0.0573. The van der Waals surface area contributed by atoms with Gasteiger partial charge in [-0.25, -0.2) is 4.98 Å². The lowest BCUT2D eigenvalue weighted by atomic mass is 10.2. The fourth-order valence-corrected chi connectivity index (χ4v) is 2.95. The maximum Gasteiger partial charge on any atom is 0.434 e. The van der Waals surface area contributed by atoms with Crippen molar-refractivity contribution in [1.29, 1.82) is 0 Å². The van der Waals surface area contributed by atoms with Gasteiger partial charge >= 0.3 is 6.18 Å². The molecule has 1 aromatic heterocycles. The zero-order valence-electron chi connectivity index (χ0n) is 13.5. The van der Waals surface area contributed by atoms with E-state index in [1.807, 2.05) is 30.1 Å². The topological polar surface area (TPSA) is 40.5 Å². The summed E-state index contributed by atoms with van der Waals surface area (Å²) in [5.74, 6) is 0.540. The Bertz CT molecular complexity index is 721. The number of hydrogen-bond acceptors (Lipinski definition) is 3. The summed E-state index contributed by atoms with van der Waals surface area (Å²) in [6, 6.07) is 7.44. The Morgan fingerprint density at radius 2 is 2.04 bits per heavy atom. The Morgan fingerprint density at radius 1 is 1.36 bits per heavy atom. The standard InChI is InChI=1S/C15H16ClF3N4S.HI/c1-20-14(23(2)8-10-5-3-4-6-11(10)16)21-7-13-22-12(9-24-13)15(17,18)19;/h3-6,9H,7-8H2,1-2H3,(H,20,21);1H. The van der Waals surface area contributed by atoms with Crippen LogP contribution in [0, 0.1) is 0 Å². The molecule has 0 atom stereocenters. The first kappa shape index (κ1) is 22.0. The van der Waals surface area contributed by atoms with Crippen LogP contribution >= 0.6 is 46.9 Å². The third-order valence-electron chi connectivity index (χ3n) is 3.18. The molecule has 2 rings (SSSR count). The van der Waals surface area contributed by atoms with Crippen LogP contribution in [0.1, 0.15) is 16.3 Å². The smallest absolute Gasteiger partial charge is 0.350 e. The van der Waals surface area contributed by atoms with Gasteiger partial charge in [-0.1, -0.05) is 29.8 Å². The van der Waals surface area contributed by atoms with Crippen molar-refractivity contribution in [2.45, 2.75) is 19.3 Å². The molecule has 0 radical (unpaired) electrons. The van der Waals surface area contributed by atoms with Gasteiger partial charge in [0, 0.05) is 31.0 Å². The molecular weight excluding hydrogens is 488 g/mol. The highest BCUT2D eigenvalue weighted by Crippen LogP contribution is 2.29. The Kier molecular flexibility index (Phi) is 8.42. The third kappa shape index (κ3) is 6.30. The van der Waals surface area contributed by atoms with Crippen LogP contribution in [0.3, 0.4) is 0 Å². The summed E-state index contributed by atoms with van der Waals surface area (Å²) in [7, 11) is 3.43. The number of alkyl halides is 3. The molecule has 0 spiro atoms. The van der Waals surface area contributed by atoms with Gasteiger partial charge in [-0.15, -0.1) is 35.3 Å². The molecule has 0 saturated heterocycles. The van der Waals surface area contributed by atoms with Gasteiger partial charge in [-0.05, 0) is 11.6 Å². The lowest BCUT2D eigenvalue weighted by Gasteiger charge is -2.22. The number of nitrogens with zero attached hydrogens (tertiary/aromatic N) is 3. The minimum atomic E-state index is -4.42. The molecule has 1 N–H and O–H groups in total. The fraction of sp³-hybridized carbons (Fsp3) is 0.333. The van der Waals surface area contributed by atoms with Crippen molar-refractivity contribution in [3.8, 4) is 0 Å². The minimum absolute atomic E-state index is 0. The van der Waals surface area contributed by atoms with Gasteiger partial charge in [0.15, 0.2) is 11.7 Å². The Labute approximate surface area is 170 Å². The second-order valence-electron chi connectivity index (χ2n) is 4.97. The molecule has 2 aromatic rings. The van der Waals surface area contributed by atoms with Gasteiger partial charge < -0.3 is 10.2 Å². The molecule has 0 aliphatic heterocycles. The van der Waals surface area contributed by atoms with E-state index >= 15 is 0 Å². The molecule has 138 valence electrons. The molecule has 0 unspecified atom stereocenters. The van der Waals surface area contributed by atoms with Crippen LogP contribution in [0.2, 0.25) is 5.02 Å². The maximum absolute atomic E-state index is 12.6. The van der Waals surface area contributed by atoms with E-state index in [1.165, 1.54) is 0 Å². The zero-order chi connectivity index (χ0) is 17.7. The lowest BCUT2D eigenvalue weighted by Crippen LogP contribution is -2.38. The molecule has 0 aliphatic rings. The first-order chi connectivity index (χ1) is 11.3. The van der Waals surface area contributed by atoms with Crippen LogP contribution in [-0.2, 0) is 19.3 Å². The van der Waals surface area contributed by atoms with Crippen molar-refractivity contribution in [1.82, 2.24) is 15.2 Å². The summed E-state index contributed by atoms with van der Waals surface area (Å²) in [5, 5.41) is 5.00. The largest absolute Gasteiger partial charge is 0.434 e. The molecule has 0 saturated carbocycles. The number of thiazole rings is 1. The fourth-order valence-electron chi connectivity index (χ4n) is 2.02. The predicted octanol–water partition coefficient (Wildman–Crippen LogP) is 4.64. The Balaban J connectivity index is 0.00000312. The summed E-state index contributed by atoms with van der Waals surface area (Å²) in [4.78, 5) is 9.54. The Hall–Kier alpha value is -1.07. The van der Waals surface area contributed by atoms with E-state index in [0.717, 1.165) is 22.3 Å². The van der Waals surface area contributed by atoms with E-state index in [2.05, 4.69) is 15.3 Å². The van der Waals surface area contributed by atoms with Crippen LogP contribution in [0.4, 0.5) is 13.2 Å². The van der Waals surface area contributed by atoms with Crippen molar-refractivity contribution >= 4 is 52.9 Å². The number of hydrogen-bond donors (Lipinski definition) is 1. The molecule has 0 fully saturated rings. The van der Waals surface area contributed by atoms with E-state index in [0.29, 0.717) is 22.5 Å². The van der Waals surface area contributed by atoms with Gasteiger partial charge in [-0.2, -0.15) is 13.2 Å². The summed E-state index contributed by atoms with van der Waals surface area (Å²) in [6.45, 7) is 0.686. The van der Waals surface area contributed by atoms with E-state index in [4.69, 9.17) is 11.6 Å². The maximum atomic E-state index is 12.6. The second-order valence-corrected chi connectivity index (χ2v) is 6.32. The van der Waals surface area contributed by atoms with Crippen LogP contribution in [-0.4, -0.2) is 29.9 Å². The molecule has 4 nitrogen and oxygen atoms in total. The molecule has 1 heterocycles. The molecule has 25 heavy (non-hydrogen) atoms. The van der Waals surface area contributed by atoms with Gasteiger partial charge in [0.1, 0.15) is 5.01 Å². The van der Waals surface area contributed by atoms with Gasteiger partial charge in [-0.3, -0.25) is 4.99 Å². The number of nitrogens with one attached hydrogen (secondary N) is 1. The number of rotatable bonds is 4. The van der Waals surface area contributed by atoms with Crippen LogP contribution < -0.4 is 5.32 Å². The van der Waals surface area contributed by atoms with Gasteiger partial charge in [0.05, 0.1) is 6.54 Å². The van der Waals surface area contributed by atoms with Crippen molar-refractivity contribution in [3.63, 3.8) is 0 Å². The molecular formula is C15H17ClF3IN4S.